The van der Waals surface area contributed by atoms with Crippen molar-refractivity contribution in [1.82, 2.24) is 4.72 Å². The molecule has 0 aliphatic heterocycles. The third kappa shape index (κ3) is 4.29. The van der Waals surface area contributed by atoms with Gasteiger partial charge in [-0.15, -0.1) is 0 Å². The van der Waals surface area contributed by atoms with Crippen LogP contribution in [0.2, 0.25) is 0 Å². The zero-order valence-corrected chi connectivity index (χ0v) is 11.5. The van der Waals surface area contributed by atoms with Crippen molar-refractivity contribution in [2.24, 2.45) is 5.92 Å². The van der Waals surface area contributed by atoms with Crippen molar-refractivity contribution < 1.29 is 8.42 Å². The fourth-order valence-electron chi connectivity index (χ4n) is 2.17. The fourth-order valence-corrected chi connectivity index (χ4v) is 3.79. The Hall–Kier alpha value is -0.600. The second kappa shape index (κ2) is 5.83. The minimum absolute atomic E-state index is 0.127. The number of sulfonamides is 1. The molecule has 4 nitrogen and oxygen atoms in total. The Kier molecular flexibility index (Phi) is 4.96. The van der Waals surface area contributed by atoms with Gasteiger partial charge in [-0.25, -0.2) is 8.42 Å². The largest absolute Gasteiger partial charge is 0.212 e. The van der Waals surface area contributed by atoms with E-state index >= 15 is 0 Å². The van der Waals surface area contributed by atoms with Crippen LogP contribution in [-0.4, -0.2) is 19.7 Å². The average Bonchev–Trinajstić information content (AvgIpc) is 2.30. The molecule has 1 fully saturated rings. The molecule has 0 saturated heterocycles. The molecule has 1 rings (SSSR count). The molecule has 0 heterocycles. The van der Waals surface area contributed by atoms with Crippen molar-refractivity contribution in [1.29, 1.82) is 5.26 Å². The molecule has 1 saturated carbocycles. The van der Waals surface area contributed by atoms with Gasteiger partial charge in [0.1, 0.15) is 5.54 Å². The van der Waals surface area contributed by atoms with E-state index in [1.807, 2.05) is 6.92 Å². The molecule has 1 N–H and O–H groups in total. The van der Waals surface area contributed by atoms with E-state index in [1.165, 1.54) is 0 Å². The summed E-state index contributed by atoms with van der Waals surface area (Å²) >= 11 is 0. The van der Waals surface area contributed by atoms with Gasteiger partial charge in [-0.05, 0) is 38.0 Å². The van der Waals surface area contributed by atoms with Gasteiger partial charge in [-0.3, -0.25) is 0 Å². The molecule has 0 aromatic rings. The first-order valence-corrected chi connectivity index (χ1v) is 8.01. The molecule has 0 radical (unpaired) electrons. The fraction of sp³-hybridized carbons (Fsp3) is 0.917. The Bertz CT molecular complexity index is 376. The summed E-state index contributed by atoms with van der Waals surface area (Å²) in [4.78, 5) is 0. The second-order valence-corrected chi connectivity index (χ2v) is 6.99. The predicted octanol–water partition coefficient (Wildman–Crippen LogP) is 2.18. The van der Waals surface area contributed by atoms with E-state index in [0.29, 0.717) is 25.2 Å². The lowest BCUT2D eigenvalue weighted by atomic mass is 9.79. The first-order chi connectivity index (χ1) is 7.93. The third-order valence-electron chi connectivity index (χ3n) is 3.46. The molecule has 0 aromatic heterocycles. The number of rotatable bonds is 5. The highest BCUT2D eigenvalue weighted by molar-refractivity contribution is 7.89. The number of hydrogen-bond donors (Lipinski definition) is 1. The van der Waals surface area contributed by atoms with Gasteiger partial charge in [0.05, 0.1) is 11.8 Å². The zero-order valence-electron chi connectivity index (χ0n) is 10.7. The molecule has 0 spiro atoms. The maximum absolute atomic E-state index is 11.8. The van der Waals surface area contributed by atoms with E-state index in [-0.39, 0.29) is 5.75 Å². The molecule has 0 amide bonds. The molecule has 0 bridgehead atoms. The van der Waals surface area contributed by atoms with Crippen LogP contribution < -0.4 is 4.72 Å². The van der Waals surface area contributed by atoms with E-state index in [9.17, 15) is 13.7 Å². The van der Waals surface area contributed by atoms with Crippen LogP contribution in [0.25, 0.3) is 0 Å². The standard InChI is InChI=1S/C12H22N2O2S/c1-3-4-9-17(15,16)14-12(10-13)7-5-11(2)6-8-12/h11,14H,3-9H2,1-2H3. The van der Waals surface area contributed by atoms with E-state index < -0.39 is 15.6 Å². The number of nitrogens with one attached hydrogen (secondary N) is 1. The minimum Gasteiger partial charge on any atom is -0.212 e. The lowest BCUT2D eigenvalue weighted by Gasteiger charge is -2.34. The predicted molar refractivity (Wildman–Crippen MR) is 67.8 cm³/mol. The Labute approximate surface area is 104 Å². The summed E-state index contributed by atoms with van der Waals surface area (Å²) in [5.41, 5.74) is -0.848. The number of unbranched alkanes of at least 4 members (excludes halogenated alkanes) is 1. The van der Waals surface area contributed by atoms with Crippen LogP contribution in [0.4, 0.5) is 0 Å². The van der Waals surface area contributed by atoms with E-state index in [4.69, 9.17) is 0 Å². The maximum atomic E-state index is 11.8. The van der Waals surface area contributed by atoms with Gasteiger partial charge in [0.25, 0.3) is 0 Å². The average molecular weight is 258 g/mol. The Morgan fingerprint density at radius 1 is 1.41 bits per heavy atom. The van der Waals surface area contributed by atoms with Gasteiger partial charge in [0.2, 0.25) is 10.0 Å². The quantitative estimate of drug-likeness (QED) is 0.821. The molecule has 1 aliphatic carbocycles. The zero-order chi connectivity index (χ0) is 12.9. The molecule has 0 aromatic carbocycles. The van der Waals surface area contributed by atoms with Gasteiger partial charge < -0.3 is 0 Å². The Morgan fingerprint density at radius 3 is 2.47 bits per heavy atom. The smallest absolute Gasteiger partial charge is 0.212 e. The summed E-state index contributed by atoms with van der Waals surface area (Å²) in [6.07, 6.45) is 4.60. The van der Waals surface area contributed by atoms with E-state index in [0.717, 1.165) is 19.3 Å². The Morgan fingerprint density at radius 2 is 2.00 bits per heavy atom. The number of nitriles is 1. The monoisotopic (exact) mass is 258 g/mol. The highest BCUT2D eigenvalue weighted by atomic mass is 32.2. The van der Waals surface area contributed by atoms with Gasteiger partial charge >= 0.3 is 0 Å². The summed E-state index contributed by atoms with van der Waals surface area (Å²) in [6, 6.07) is 2.18. The van der Waals surface area contributed by atoms with Crippen LogP contribution in [0.5, 0.6) is 0 Å². The van der Waals surface area contributed by atoms with E-state index in [2.05, 4.69) is 17.7 Å². The van der Waals surface area contributed by atoms with Gasteiger partial charge in [0.15, 0.2) is 0 Å². The topological polar surface area (TPSA) is 70.0 Å². The third-order valence-corrected chi connectivity index (χ3v) is 4.99. The highest BCUT2D eigenvalue weighted by Gasteiger charge is 2.37. The lowest BCUT2D eigenvalue weighted by molar-refractivity contribution is 0.278. The normalized spacial score (nSPS) is 29.8. The molecular weight excluding hydrogens is 236 g/mol. The summed E-state index contributed by atoms with van der Waals surface area (Å²) in [7, 11) is -3.30. The van der Waals surface area contributed by atoms with Crippen molar-refractivity contribution in [2.45, 2.75) is 57.9 Å². The van der Waals surface area contributed by atoms with Crippen LogP contribution >= 0.6 is 0 Å². The summed E-state index contributed by atoms with van der Waals surface area (Å²) in [6.45, 7) is 4.10. The first kappa shape index (κ1) is 14.5. The molecular formula is C12H22N2O2S. The molecule has 17 heavy (non-hydrogen) atoms. The van der Waals surface area contributed by atoms with Crippen molar-refractivity contribution in [3.8, 4) is 6.07 Å². The lowest BCUT2D eigenvalue weighted by Crippen LogP contribution is -2.50. The van der Waals surface area contributed by atoms with Gasteiger partial charge in [-0.2, -0.15) is 9.98 Å². The SMILES string of the molecule is CCCCS(=O)(=O)NC1(C#N)CCC(C)CC1. The molecule has 98 valence electrons. The minimum atomic E-state index is -3.30. The maximum Gasteiger partial charge on any atom is 0.212 e. The van der Waals surface area contributed by atoms with Crippen LogP contribution in [0.1, 0.15) is 52.4 Å². The number of nitrogens with zero attached hydrogens (tertiary/aromatic N) is 1. The van der Waals surface area contributed by atoms with Crippen molar-refractivity contribution in [3.63, 3.8) is 0 Å². The molecule has 0 atom stereocenters. The second-order valence-electron chi connectivity index (χ2n) is 5.15. The highest BCUT2D eigenvalue weighted by Crippen LogP contribution is 2.32. The van der Waals surface area contributed by atoms with Gasteiger partial charge in [0, 0.05) is 0 Å². The van der Waals surface area contributed by atoms with Crippen molar-refractivity contribution >= 4 is 10.0 Å². The van der Waals surface area contributed by atoms with Crippen molar-refractivity contribution in [3.05, 3.63) is 0 Å². The summed E-state index contributed by atoms with van der Waals surface area (Å²) in [5, 5.41) is 9.24. The van der Waals surface area contributed by atoms with Crippen molar-refractivity contribution in [2.75, 3.05) is 5.75 Å². The molecule has 1 aliphatic rings. The van der Waals surface area contributed by atoms with Crippen LogP contribution in [0.3, 0.4) is 0 Å². The van der Waals surface area contributed by atoms with E-state index in [1.54, 1.807) is 0 Å². The first-order valence-electron chi connectivity index (χ1n) is 6.36. The van der Waals surface area contributed by atoms with Gasteiger partial charge in [-0.1, -0.05) is 20.3 Å². The van der Waals surface area contributed by atoms with Crippen LogP contribution in [0.15, 0.2) is 0 Å². The Balaban J connectivity index is 2.67. The number of hydrogen-bond acceptors (Lipinski definition) is 3. The molecule has 0 unspecified atom stereocenters. The van der Waals surface area contributed by atoms with Crippen LogP contribution in [-0.2, 0) is 10.0 Å². The molecule has 5 heteroatoms. The summed E-state index contributed by atoms with van der Waals surface area (Å²) < 4.78 is 26.3. The van der Waals surface area contributed by atoms with Crippen LogP contribution in [0, 0.1) is 17.2 Å². The summed E-state index contributed by atoms with van der Waals surface area (Å²) in [5.74, 6) is 0.722.